The van der Waals surface area contributed by atoms with E-state index in [0.29, 0.717) is 21.7 Å². The molecule has 0 aliphatic heterocycles. The Balaban J connectivity index is 2.55. The zero-order valence-corrected chi connectivity index (χ0v) is 12.4. The van der Waals surface area contributed by atoms with Gasteiger partial charge in [0.05, 0.1) is 0 Å². The fraction of sp³-hybridized carbons (Fsp3) is 0.875. The standard InChI is InChI=1S/C16H28/c1-13(2)9-14(3,4)11(13)12-15(5,6)10-16(12,7)8/h9-10H2,1-8H3. The molecule has 0 aromatic rings. The minimum atomic E-state index is 0.438. The summed E-state index contributed by atoms with van der Waals surface area (Å²) in [5, 5.41) is 0. The van der Waals surface area contributed by atoms with E-state index in [1.54, 1.807) is 11.1 Å². The van der Waals surface area contributed by atoms with Gasteiger partial charge in [0.2, 0.25) is 0 Å². The third kappa shape index (κ3) is 1.41. The topological polar surface area (TPSA) is 0 Å². The Morgan fingerprint density at radius 2 is 0.688 bits per heavy atom. The molecule has 0 saturated heterocycles. The van der Waals surface area contributed by atoms with Gasteiger partial charge in [-0.25, -0.2) is 0 Å². The van der Waals surface area contributed by atoms with E-state index >= 15 is 0 Å². The quantitative estimate of drug-likeness (QED) is 0.492. The van der Waals surface area contributed by atoms with E-state index < -0.39 is 0 Å². The maximum Gasteiger partial charge on any atom is -0.0128 e. The molecular weight excluding hydrogens is 192 g/mol. The lowest BCUT2D eigenvalue weighted by molar-refractivity contribution is 0.0654. The Hall–Kier alpha value is -0.260. The molecule has 0 heteroatoms. The molecule has 0 unspecified atom stereocenters. The van der Waals surface area contributed by atoms with Crippen molar-refractivity contribution in [2.75, 3.05) is 0 Å². The highest BCUT2D eigenvalue weighted by atomic mass is 14.6. The van der Waals surface area contributed by atoms with Gasteiger partial charge in [-0.3, -0.25) is 0 Å². The molecule has 0 N–H and O–H groups in total. The molecule has 0 aromatic heterocycles. The van der Waals surface area contributed by atoms with Crippen molar-refractivity contribution in [3.63, 3.8) is 0 Å². The van der Waals surface area contributed by atoms with Gasteiger partial charge >= 0.3 is 0 Å². The first-order valence-corrected chi connectivity index (χ1v) is 6.66. The molecule has 0 spiro atoms. The van der Waals surface area contributed by atoms with E-state index in [9.17, 15) is 0 Å². The van der Waals surface area contributed by atoms with Crippen molar-refractivity contribution >= 4 is 0 Å². The predicted molar refractivity (Wildman–Crippen MR) is 71.4 cm³/mol. The van der Waals surface area contributed by atoms with Crippen LogP contribution in [0, 0.1) is 21.7 Å². The number of rotatable bonds is 0. The Kier molecular flexibility index (Phi) is 2.11. The summed E-state index contributed by atoms with van der Waals surface area (Å²) in [6, 6.07) is 0. The summed E-state index contributed by atoms with van der Waals surface area (Å²) in [4.78, 5) is 0. The minimum absolute atomic E-state index is 0.438. The van der Waals surface area contributed by atoms with Gasteiger partial charge in [0.25, 0.3) is 0 Å². The third-order valence-corrected chi connectivity index (χ3v) is 4.72. The third-order valence-electron chi connectivity index (χ3n) is 4.72. The van der Waals surface area contributed by atoms with Gasteiger partial charge in [0.15, 0.2) is 0 Å². The molecule has 0 bridgehead atoms. The summed E-state index contributed by atoms with van der Waals surface area (Å²) in [5.74, 6) is 0. The highest BCUT2D eigenvalue weighted by Crippen LogP contribution is 2.69. The SMILES string of the molecule is CC1(C)CC(C)(C)C1=C1C(C)(C)CC1(C)C. The average molecular weight is 220 g/mol. The van der Waals surface area contributed by atoms with Crippen molar-refractivity contribution in [3.05, 3.63) is 11.1 Å². The zero-order chi connectivity index (χ0) is 12.6. The highest BCUT2D eigenvalue weighted by molar-refractivity contribution is 5.45. The van der Waals surface area contributed by atoms with Crippen LogP contribution in [-0.4, -0.2) is 0 Å². The Bertz CT molecular complexity index is 293. The van der Waals surface area contributed by atoms with Crippen LogP contribution >= 0.6 is 0 Å². The zero-order valence-electron chi connectivity index (χ0n) is 12.4. The molecule has 16 heavy (non-hydrogen) atoms. The van der Waals surface area contributed by atoms with Crippen molar-refractivity contribution in [3.8, 4) is 0 Å². The van der Waals surface area contributed by atoms with Crippen molar-refractivity contribution in [1.82, 2.24) is 0 Å². The lowest BCUT2D eigenvalue weighted by atomic mass is 9.41. The molecule has 2 fully saturated rings. The molecule has 0 atom stereocenters. The van der Waals surface area contributed by atoms with Crippen LogP contribution in [0.4, 0.5) is 0 Å². The van der Waals surface area contributed by atoms with Crippen LogP contribution in [0.3, 0.4) is 0 Å². The van der Waals surface area contributed by atoms with Gasteiger partial charge in [-0.1, -0.05) is 66.5 Å². The van der Waals surface area contributed by atoms with Crippen molar-refractivity contribution in [2.45, 2.75) is 68.2 Å². The largest absolute Gasteiger partial charge is 0.0586 e. The lowest BCUT2D eigenvalue weighted by Gasteiger charge is -2.63. The predicted octanol–water partition coefficient (Wildman–Crippen LogP) is 5.20. The molecule has 0 radical (unpaired) electrons. The maximum absolute atomic E-state index is 2.42. The molecular formula is C16H28. The molecule has 2 aliphatic rings. The molecule has 92 valence electrons. The second-order valence-corrected chi connectivity index (χ2v) is 8.64. The Labute approximate surface area is 102 Å². The van der Waals surface area contributed by atoms with Gasteiger partial charge in [0.1, 0.15) is 0 Å². The van der Waals surface area contributed by atoms with Crippen LogP contribution in [0.5, 0.6) is 0 Å². The van der Waals surface area contributed by atoms with Crippen LogP contribution in [0.1, 0.15) is 68.2 Å². The summed E-state index contributed by atoms with van der Waals surface area (Å²) in [5.41, 5.74) is 5.28. The molecule has 2 rings (SSSR count). The van der Waals surface area contributed by atoms with Crippen LogP contribution in [0.2, 0.25) is 0 Å². The van der Waals surface area contributed by atoms with Gasteiger partial charge in [-0.05, 0) is 34.5 Å². The van der Waals surface area contributed by atoms with E-state index in [0.717, 1.165) is 0 Å². The van der Waals surface area contributed by atoms with E-state index in [2.05, 4.69) is 55.4 Å². The fourth-order valence-electron chi connectivity index (χ4n) is 5.54. The van der Waals surface area contributed by atoms with Gasteiger partial charge < -0.3 is 0 Å². The van der Waals surface area contributed by atoms with E-state index in [1.165, 1.54) is 12.8 Å². The maximum atomic E-state index is 2.42. The molecule has 0 nitrogen and oxygen atoms in total. The normalized spacial score (nSPS) is 33.0. The second-order valence-electron chi connectivity index (χ2n) is 8.64. The summed E-state index contributed by atoms with van der Waals surface area (Å²) >= 11 is 0. The minimum Gasteiger partial charge on any atom is -0.0586 e. The average Bonchev–Trinajstić information content (AvgIpc) is 1.95. The first-order valence-electron chi connectivity index (χ1n) is 6.66. The second kappa shape index (κ2) is 2.76. The van der Waals surface area contributed by atoms with Crippen LogP contribution in [0.25, 0.3) is 0 Å². The van der Waals surface area contributed by atoms with Crippen LogP contribution < -0.4 is 0 Å². The highest BCUT2D eigenvalue weighted by Gasteiger charge is 2.57. The van der Waals surface area contributed by atoms with E-state index in [1.807, 2.05) is 0 Å². The molecule has 0 heterocycles. The molecule has 0 amide bonds. The fourth-order valence-corrected chi connectivity index (χ4v) is 5.54. The number of allylic oxidation sites excluding steroid dienone is 2. The summed E-state index contributed by atoms with van der Waals surface area (Å²) < 4.78 is 0. The van der Waals surface area contributed by atoms with Crippen molar-refractivity contribution in [1.29, 1.82) is 0 Å². The molecule has 2 aliphatic carbocycles. The first-order chi connectivity index (χ1) is 6.90. The first kappa shape index (κ1) is 12.2. The monoisotopic (exact) mass is 220 g/mol. The summed E-state index contributed by atoms with van der Waals surface area (Å²) in [7, 11) is 0. The van der Waals surface area contributed by atoms with Crippen LogP contribution in [0.15, 0.2) is 11.1 Å². The summed E-state index contributed by atoms with van der Waals surface area (Å²) in [6.07, 6.45) is 2.68. The van der Waals surface area contributed by atoms with Crippen molar-refractivity contribution in [2.24, 2.45) is 21.7 Å². The lowest BCUT2D eigenvalue weighted by Crippen LogP contribution is -2.52. The van der Waals surface area contributed by atoms with Gasteiger partial charge in [-0.15, -0.1) is 0 Å². The summed E-state index contributed by atoms with van der Waals surface area (Å²) in [6.45, 7) is 19.4. The number of hydrogen-bond donors (Lipinski definition) is 0. The van der Waals surface area contributed by atoms with E-state index in [-0.39, 0.29) is 0 Å². The van der Waals surface area contributed by atoms with Gasteiger partial charge in [0, 0.05) is 0 Å². The number of hydrogen-bond acceptors (Lipinski definition) is 0. The van der Waals surface area contributed by atoms with Crippen molar-refractivity contribution < 1.29 is 0 Å². The Morgan fingerprint density at radius 1 is 0.500 bits per heavy atom. The molecule has 2 saturated carbocycles. The van der Waals surface area contributed by atoms with Gasteiger partial charge in [-0.2, -0.15) is 0 Å². The molecule has 0 aromatic carbocycles. The smallest absolute Gasteiger partial charge is 0.0128 e. The van der Waals surface area contributed by atoms with E-state index in [4.69, 9.17) is 0 Å². The van der Waals surface area contributed by atoms with Crippen LogP contribution in [-0.2, 0) is 0 Å². The Morgan fingerprint density at radius 3 is 0.812 bits per heavy atom.